The molecule has 0 bridgehead atoms. The molecule has 2 rings (SSSR count). The Morgan fingerprint density at radius 3 is 2.25 bits per heavy atom. The second-order valence-electron chi connectivity index (χ2n) is 5.35. The van der Waals surface area contributed by atoms with Crippen LogP contribution in [0.3, 0.4) is 0 Å². The minimum absolute atomic E-state index is 0.299. The van der Waals surface area contributed by atoms with Gasteiger partial charge in [0.2, 0.25) is 0 Å². The molecule has 0 aliphatic carbocycles. The maximum Gasteiger partial charge on any atom is 0.142 e. The van der Waals surface area contributed by atoms with Gasteiger partial charge in [0.1, 0.15) is 11.6 Å². The summed E-state index contributed by atoms with van der Waals surface area (Å²) in [5.41, 5.74) is 7.04. The molecule has 4 heteroatoms. The quantitative estimate of drug-likeness (QED) is 0.861. The van der Waals surface area contributed by atoms with E-state index in [1.165, 1.54) is 12.1 Å². The average Bonchev–Trinajstić information content (AvgIpc) is 2.41. The Hall–Kier alpha value is -1.26. The van der Waals surface area contributed by atoms with Crippen LogP contribution in [0.4, 0.5) is 8.78 Å². The summed E-state index contributed by atoms with van der Waals surface area (Å²) < 4.78 is 27.6. The Bertz CT molecular complexity index is 608. The molecule has 0 saturated heterocycles. The van der Waals surface area contributed by atoms with Gasteiger partial charge in [-0.1, -0.05) is 38.1 Å². The van der Waals surface area contributed by atoms with Gasteiger partial charge in [0.15, 0.2) is 0 Å². The predicted molar refractivity (Wildman–Crippen MR) is 80.5 cm³/mol. The van der Waals surface area contributed by atoms with E-state index in [4.69, 9.17) is 5.73 Å². The third-order valence-electron chi connectivity index (χ3n) is 3.68. The fourth-order valence-electron chi connectivity index (χ4n) is 2.21. The standard InChI is InChI=1S/C16H16BrF2N/c1-16(2,10-6-8-11(18)9-7-10)15(20)12-4-3-5-13(17)14(12)19/h3-9,15H,20H2,1-2H3. The van der Waals surface area contributed by atoms with Gasteiger partial charge < -0.3 is 5.73 Å². The molecule has 0 heterocycles. The van der Waals surface area contributed by atoms with Crippen LogP contribution in [0.1, 0.15) is 31.0 Å². The molecule has 0 aliphatic rings. The second kappa shape index (κ2) is 5.62. The van der Waals surface area contributed by atoms with Crippen LogP contribution < -0.4 is 5.73 Å². The minimum atomic E-state index is -0.537. The molecule has 0 aromatic heterocycles. The summed E-state index contributed by atoms with van der Waals surface area (Å²) in [5, 5.41) is 0. The Morgan fingerprint density at radius 1 is 1.05 bits per heavy atom. The van der Waals surface area contributed by atoms with Crippen LogP contribution in [0.25, 0.3) is 0 Å². The molecule has 0 radical (unpaired) electrons. The third kappa shape index (κ3) is 2.76. The topological polar surface area (TPSA) is 26.0 Å². The van der Waals surface area contributed by atoms with Crippen molar-refractivity contribution in [2.45, 2.75) is 25.3 Å². The van der Waals surface area contributed by atoms with Crippen molar-refractivity contribution in [1.29, 1.82) is 0 Å². The first-order valence-electron chi connectivity index (χ1n) is 6.29. The van der Waals surface area contributed by atoms with Crippen molar-refractivity contribution in [3.05, 3.63) is 69.7 Å². The molecule has 0 spiro atoms. The SMILES string of the molecule is CC(C)(c1ccc(F)cc1)C(N)c1cccc(Br)c1F. The lowest BCUT2D eigenvalue weighted by Crippen LogP contribution is -2.33. The van der Waals surface area contributed by atoms with Crippen LogP contribution in [-0.2, 0) is 5.41 Å². The molecule has 106 valence electrons. The van der Waals surface area contributed by atoms with Gasteiger partial charge in [0, 0.05) is 17.0 Å². The molecule has 2 aromatic carbocycles. The summed E-state index contributed by atoms with van der Waals surface area (Å²) in [5.74, 6) is -0.651. The highest BCUT2D eigenvalue weighted by Gasteiger charge is 2.31. The molecule has 2 N–H and O–H groups in total. The van der Waals surface area contributed by atoms with Crippen molar-refractivity contribution >= 4 is 15.9 Å². The van der Waals surface area contributed by atoms with Gasteiger partial charge in [-0.2, -0.15) is 0 Å². The lowest BCUT2D eigenvalue weighted by Gasteiger charge is -2.33. The molecular formula is C16H16BrF2N. The zero-order chi connectivity index (χ0) is 14.9. The van der Waals surface area contributed by atoms with Crippen molar-refractivity contribution in [3.63, 3.8) is 0 Å². The third-order valence-corrected chi connectivity index (χ3v) is 4.29. The Morgan fingerprint density at radius 2 is 1.65 bits per heavy atom. The second-order valence-corrected chi connectivity index (χ2v) is 6.20. The van der Waals surface area contributed by atoms with E-state index in [0.717, 1.165) is 5.56 Å². The van der Waals surface area contributed by atoms with Gasteiger partial charge in [-0.15, -0.1) is 0 Å². The predicted octanol–water partition coefficient (Wildman–Crippen LogP) is 4.70. The summed E-state index contributed by atoms with van der Waals surface area (Å²) >= 11 is 3.17. The van der Waals surface area contributed by atoms with Crippen LogP contribution in [0.2, 0.25) is 0 Å². The van der Waals surface area contributed by atoms with Crippen LogP contribution in [0.15, 0.2) is 46.9 Å². The molecule has 0 amide bonds. The number of nitrogens with two attached hydrogens (primary N) is 1. The fraction of sp³-hybridized carbons (Fsp3) is 0.250. The first-order chi connectivity index (χ1) is 9.34. The molecule has 0 fully saturated rings. The fourth-order valence-corrected chi connectivity index (χ4v) is 2.59. The lowest BCUT2D eigenvalue weighted by molar-refractivity contribution is 0.405. The maximum atomic E-state index is 14.2. The van der Waals surface area contributed by atoms with E-state index in [9.17, 15) is 8.78 Å². The summed E-state index contributed by atoms with van der Waals surface area (Å²) in [6, 6.07) is 10.7. The monoisotopic (exact) mass is 339 g/mol. The van der Waals surface area contributed by atoms with Crippen molar-refractivity contribution in [1.82, 2.24) is 0 Å². The van der Waals surface area contributed by atoms with Crippen molar-refractivity contribution in [2.75, 3.05) is 0 Å². The first kappa shape index (κ1) is 15.1. The van der Waals surface area contributed by atoms with Crippen LogP contribution in [-0.4, -0.2) is 0 Å². The normalized spacial score (nSPS) is 13.3. The van der Waals surface area contributed by atoms with Crippen molar-refractivity contribution in [3.8, 4) is 0 Å². The molecule has 0 saturated carbocycles. The zero-order valence-electron chi connectivity index (χ0n) is 11.3. The van der Waals surface area contributed by atoms with Crippen LogP contribution >= 0.6 is 15.9 Å². The molecular weight excluding hydrogens is 324 g/mol. The molecule has 2 aromatic rings. The van der Waals surface area contributed by atoms with E-state index in [1.807, 2.05) is 13.8 Å². The van der Waals surface area contributed by atoms with E-state index >= 15 is 0 Å². The first-order valence-corrected chi connectivity index (χ1v) is 7.09. The van der Waals surface area contributed by atoms with E-state index in [1.54, 1.807) is 30.3 Å². The van der Waals surface area contributed by atoms with E-state index in [-0.39, 0.29) is 11.6 Å². The number of hydrogen-bond acceptors (Lipinski definition) is 1. The molecule has 1 unspecified atom stereocenters. The van der Waals surface area contributed by atoms with Crippen molar-refractivity contribution in [2.24, 2.45) is 5.73 Å². The van der Waals surface area contributed by atoms with Gasteiger partial charge in [0.05, 0.1) is 4.47 Å². The van der Waals surface area contributed by atoms with Crippen molar-refractivity contribution < 1.29 is 8.78 Å². The summed E-state index contributed by atoms with van der Waals surface area (Å²) in [6.45, 7) is 3.84. The summed E-state index contributed by atoms with van der Waals surface area (Å²) in [7, 11) is 0. The van der Waals surface area contributed by atoms with Gasteiger partial charge in [-0.05, 0) is 39.7 Å². The zero-order valence-corrected chi connectivity index (χ0v) is 12.9. The molecule has 20 heavy (non-hydrogen) atoms. The Kier molecular flexibility index (Phi) is 4.25. The number of hydrogen-bond donors (Lipinski definition) is 1. The smallest absolute Gasteiger partial charge is 0.142 e. The van der Waals surface area contributed by atoms with E-state index in [2.05, 4.69) is 15.9 Å². The van der Waals surface area contributed by atoms with Gasteiger partial charge in [-0.3, -0.25) is 0 Å². The summed E-state index contributed by atoms with van der Waals surface area (Å²) in [6.07, 6.45) is 0. The van der Waals surface area contributed by atoms with Crippen LogP contribution in [0, 0.1) is 11.6 Å². The largest absolute Gasteiger partial charge is 0.323 e. The number of halogens is 3. The Balaban J connectivity index is 2.42. The Labute approximate surface area is 125 Å². The van der Waals surface area contributed by atoms with Crippen LogP contribution in [0.5, 0.6) is 0 Å². The van der Waals surface area contributed by atoms with Gasteiger partial charge >= 0.3 is 0 Å². The highest BCUT2D eigenvalue weighted by molar-refractivity contribution is 9.10. The molecule has 0 aliphatic heterocycles. The van der Waals surface area contributed by atoms with E-state index < -0.39 is 11.5 Å². The maximum absolute atomic E-state index is 14.2. The minimum Gasteiger partial charge on any atom is -0.323 e. The number of rotatable bonds is 3. The average molecular weight is 340 g/mol. The van der Waals surface area contributed by atoms with Gasteiger partial charge in [0.25, 0.3) is 0 Å². The highest BCUT2D eigenvalue weighted by Crippen LogP contribution is 2.37. The summed E-state index contributed by atoms with van der Waals surface area (Å²) in [4.78, 5) is 0. The van der Waals surface area contributed by atoms with E-state index in [0.29, 0.717) is 10.0 Å². The highest BCUT2D eigenvalue weighted by atomic mass is 79.9. The molecule has 1 atom stereocenters. The molecule has 1 nitrogen and oxygen atoms in total. The lowest BCUT2D eigenvalue weighted by atomic mass is 9.75. The number of benzene rings is 2. The van der Waals surface area contributed by atoms with Gasteiger partial charge in [-0.25, -0.2) is 8.78 Å².